The summed E-state index contributed by atoms with van der Waals surface area (Å²) in [6.07, 6.45) is 2.41. The van der Waals surface area contributed by atoms with Crippen LogP contribution in [-0.4, -0.2) is 55.6 Å². The van der Waals surface area contributed by atoms with Crippen LogP contribution in [0.1, 0.15) is 11.3 Å². The largest absolute Gasteiger partial charge is 0.497 e. The second-order valence-electron chi connectivity index (χ2n) is 6.87. The molecule has 0 radical (unpaired) electrons. The van der Waals surface area contributed by atoms with Crippen LogP contribution >= 0.6 is 0 Å². The van der Waals surface area contributed by atoms with E-state index in [0.717, 1.165) is 55.5 Å². The van der Waals surface area contributed by atoms with Crippen molar-refractivity contribution in [3.8, 4) is 11.5 Å². The van der Waals surface area contributed by atoms with Gasteiger partial charge in [-0.1, -0.05) is 0 Å². The van der Waals surface area contributed by atoms with Crippen LogP contribution in [0.5, 0.6) is 11.5 Å². The van der Waals surface area contributed by atoms with Crippen molar-refractivity contribution in [3.05, 3.63) is 47.9 Å². The molecule has 6 heteroatoms. The molecule has 3 heterocycles. The van der Waals surface area contributed by atoms with Crippen molar-refractivity contribution >= 4 is 5.91 Å². The molecule has 0 N–H and O–H groups in total. The lowest BCUT2D eigenvalue weighted by atomic mass is 9.95. The van der Waals surface area contributed by atoms with E-state index in [1.807, 2.05) is 35.2 Å². The van der Waals surface area contributed by atoms with Gasteiger partial charge in [0.2, 0.25) is 5.91 Å². The first-order chi connectivity index (χ1) is 12.7. The van der Waals surface area contributed by atoms with E-state index in [0.29, 0.717) is 13.0 Å². The topological polar surface area (TPSA) is 55.2 Å². The number of nitrogens with zero attached hydrogens (tertiary/aromatic N) is 2. The molecule has 1 aromatic carbocycles. The minimum Gasteiger partial charge on any atom is -0.497 e. The number of hydrogen-bond acceptors (Lipinski definition) is 5. The van der Waals surface area contributed by atoms with Gasteiger partial charge in [-0.15, -0.1) is 0 Å². The fourth-order valence-corrected chi connectivity index (χ4v) is 3.66. The number of benzene rings is 1. The number of hydrogen-bond donors (Lipinski definition) is 0. The molecule has 0 saturated carbocycles. The summed E-state index contributed by atoms with van der Waals surface area (Å²) in [6.45, 7) is 4.48. The molecule has 6 nitrogen and oxygen atoms in total. The lowest BCUT2D eigenvalue weighted by Crippen LogP contribution is -2.51. The third-order valence-corrected chi connectivity index (χ3v) is 5.17. The highest BCUT2D eigenvalue weighted by atomic mass is 16.5. The molecule has 1 fully saturated rings. The summed E-state index contributed by atoms with van der Waals surface area (Å²) in [4.78, 5) is 17.2. The maximum atomic E-state index is 12.9. The third-order valence-electron chi connectivity index (χ3n) is 5.17. The Balaban J connectivity index is 1.33. The Bertz CT molecular complexity index is 751. The summed E-state index contributed by atoms with van der Waals surface area (Å²) >= 11 is 0. The molecule has 138 valence electrons. The van der Waals surface area contributed by atoms with Crippen LogP contribution in [-0.2, 0) is 17.8 Å². The summed E-state index contributed by atoms with van der Waals surface area (Å²) in [5, 5.41) is 0. The number of piperazine rings is 1. The predicted molar refractivity (Wildman–Crippen MR) is 96.2 cm³/mol. The van der Waals surface area contributed by atoms with E-state index in [1.54, 1.807) is 13.4 Å². The van der Waals surface area contributed by atoms with Crippen molar-refractivity contribution in [3.63, 3.8) is 0 Å². The van der Waals surface area contributed by atoms with E-state index < -0.39 is 0 Å². The first kappa shape index (κ1) is 17.0. The Kier molecular flexibility index (Phi) is 4.84. The molecule has 2 aromatic rings. The maximum Gasteiger partial charge on any atom is 0.229 e. The number of rotatable bonds is 4. The normalized spacial score (nSPS) is 20.3. The minimum atomic E-state index is -0.119. The van der Waals surface area contributed by atoms with Gasteiger partial charge in [0.05, 0.1) is 25.8 Å². The molecule has 1 saturated heterocycles. The van der Waals surface area contributed by atoms with Gasteiger partial charge in [-0.05, 0) is 42.3 Å². The van der Waals surface area contributed by atoms with Crippen LogP contribution < -0.4 is 9.47 Å². The van der Waals surface area contributed by atoms with Crippen molar-refractivity contribution in [2.45, 2.75) is 13.0 Å². The molecule has 2 aliphatic rings. The molecule has 26 heavy (non-hydrogen) atoms. The number of ether oxygens (including phenoxy) is 2. The summed E-state index contributed by atoms with van der Waals surface area (Å²) in [7, 11) is 1.65. The molecule has 4 rings (SSSR count). The highest BCUT2D eigenvalue weighted by molar-refractivity contribution is 5.80. The van der Waals surface area contributed by atoms with Crippen LogP contribution in [0.25, 0.3) is 0 Å². The molecule has 1 aromatic heterocycles. The molecule has 0 aliphatic carbocycles. The molecule has 2 aliphatic heterocycles. The smallest absolute Gasteiger partial charge is 0.229 e. The van der Waals surface area contributed by atoms with E-state index in [-0.39, 0.29) is 11.8 Å². The van der Waals surface area contributed by atoms with Crippen molar-refractivity contribution < 1.29 is 18.7 Å². The van der Waals surface area contributed by atoms with Crippen molar-refractivity contribution in [2.75, 3.05) is 39.9 Å². The monoisotopic (exact) mass is 356 g/mol. The van der Waals surface area contributed by atoms with Gasteiger partial charge in [-0.2, -0.15) is 0 Å². The van der Waals surface area contributed by atoms with E-state index in [9.17, 15) is 4.79 Å². The SMILES string of the molecule is COc1ccc2c(c1)CC(C(=O)N1CCN(Cc3ccco3)CC1)CO2. The molecule has 1 amide bonds. The fourth-order valence-electron chi connectivity index (χ4n) is 3.66. The molecule has 1 atom stereocenters. The second-order valence-corrected chi connectivity index (χ2v) is 6.87. The van der Waals surface area contributed by atoms with E-state index in [4.69, 9.17) is 13.9 Å². The zero-order valence-corrected chi connectivity index (χ0v) is 15.0. The summed E-state index contributed by atoms with van der Waals surface area (Å²) in [5.74, 6) is 2.70. The Morgan fingerprint density at radius 1 is 1.23 bits per heavy atom. The van der Waals surface area contributed by atoms with Gasteiger partial charge in [0, 0.05) is 26.2 Å². The van der Waals surface area contributed by atoms with Crippen molar-refractivity contribution in [1.82, 2.24) is 9.80 Å². The molecule has 1 unspecified atom stereocenters. The standard InChI is InChI=1S/C20H24N2O4/c1-24-17-4-5-19-15(12-17)11-16(14-26-19)20(23)22-8-6-21(7-9-22)13-18-3-2-10-25-18/h2-5,10,12,16H,6-9,11,13-14H2,1H3. The van der Waals surface area contributed by atoms with Gasteiger partial charge in [-0.25, -0.2) is 0 Å². The van der Waals surface area contributed by atoms with Gasteiger partial charge in [0.1, 0.15) is 23.9 Å². The Morgan fingerprint density at radius 2 is 2.08 bits per heavy atom. The van der Waals surface area contributed by atoms with Crippen LogP contribution in [0.3, 0.4) is 0 Å². The quantitative estimate of drug-likeness (QED) is 0.841. The Hall–Kier alpha value is -2.47. The number of methoxy groups -OCH3 is 1. The minimum absolute atomic E-state index is 0.119. The van der Waals surface area contributed by atoms with Gasteiger partial charge in [0.15, 0.2) is 0 Å². The predicted octanol–water partition coefficient (Wildman–Crippen LogP) is 2.18. The Labute approximate surface area is 153 Å². The number of carbonyl (C=O) groups excluding carboxylic acids is 1. The third kappa shape index (κ3) is 3.55. The summed E-state index contributed by atoms with van der Waals surface area (Å²) in [6, 6.07) is 9.67. The van der Waals surface area contributed by atoms with Crippen molar-refractivity contribution in [1.29, 1.82) is 0 Å². The van der Waals surface area contributed by atoms with Gasteiger partial charge in [-0.3, -0.25) is 9.69 Å². The summed E-state index contributed by atoms with van der Waals surface area (Å²) in [5.41, 5.74) is 1.05. The van der Waals surface area contributed by atoms with Crippen LogP contribution in [0, 0.1) is 5.92 Å². The lowest BCUT2D eigenvalue weighted by Gasteiger charge is -2.37. The number of fused-ring (bicyclic) bond motifs is 1. The zero-order chi connectivity index (χ0) is 17.9. The first-order valence-electron chi connectivity index (χ1n) is 9.06. The number of furan rings is 1. The number of amides is 1. The first-order valence-corrected chi connectivity index (χ1v) is 9.06. The molecule has 0 bridgehead atoms. The van der Waals surface area contributed by atoms with Gasteiger partial charge in [0.25, 0.3) is 0 Å². The van der Waals surface area contributed by atoms with Gasteiger partial charge >= 0.3 is 0 Å². The van der Waals surface area contributed by atoms with Crippen LogP contribution in [0.2, 0.25) is 0 Å². The average Bonchev–Trinajstić information content (AvgIpc) is 3.20. The number of carbonyl (C=O) groups is 1. The molecular weight excluding hydrogens is 332 g/mol. The van der Waals surface area contributed by atoms with Crippen molar-refractivity contribution in [2.24, 2.45) is 5.92 Å². The average molecular weight is 356 g/mol. The van der Waals surface area contributed by atoms with Crippen LogP contribution in [0.15, 0.2) is 41.0 Å². The van der Waals surface area contributed by atoms with Crippen LogP contribution in [0.4, 0.5) is 0 Å². The lowest BCUT2D eigenvalue weighted by molar-refractivity contribution is -0.138. The molecular formula is C20H24N2O4. The second kappa shape index (κ2) is 7.41. The van der Waals surface area contributed by atoms with E-state index in [2.05, 4.69) is 4.90 Å². The fraction of sp³-hybridized carbons (Fsp3) is 0.450. The highest BCUT2D eigenvalue weighted by Crippen LogP contribution is 2.31. The highest BCUT2D eigenvalue weighted by Gasteiger charge is 2.31. The molecule has 0 spiro atoms. The van der Waals surface area contributed by atoms with E-state index >= 15 is 0 Å². The summed E-state index contributed by atoms with van der Waals surface area (Å²) < 4.78 is 16.5. The van der Waals surface area contributed by atoms with Gasteiger partial charge < -0.3 is 18.8 Å². The maximum absolute atomic E-state index is 12.9. The zero-order valence-electron chi connectivity index (χ0n) is 15.0. The van der Waals surface area contributed by atoms with E-state index in [1.165, 1.54) is 0 Å². The Morgan fingerprint density at radius 3 is 2.81 bits per heavy atom.